The highest BCUT2D eigenvalue weighted by Gasteiger charge is 2.63. The lowest BCUT2D eigenvalue weighted by atomic mass is 9.41. The Balaban J connectivity index is 1.35. The van der Waals surface area contributed by atoms with Crippen LogP contribution < -0.4 is 0 Å². The molecule has 5 fully saturated rings. The van der Waals surface area contributed by atoms with Gasteiger partial charge < -0.3 is 29.5 Å². The number of aliphatic hydroxyl groups is 3. The molecular weight excluding hydrogens is 448 g/mol. The average Bonchev–Trinajstić information content (AvgIpc) is 3.03. The van der Waals surface area contributed by atoms with Crippen molar-refractivity contribution >= 4 is 5.97 Å². The topological polar surface area (TPSA) is 105 Å². The Bertz CT molecular complexity index is 845. The lowest BCUT2D eigenvalue weighted by molar-refractivity contribution is -0.312. The van der Waals surface area contributed by atoms with Gasteiger partial charge in [-0.25, -0.2) is 0 Å². The van der Waals surface area contributed by atoms with E-state index >= 15 is 0 Å². The van der Waals surface area contributed by atoms with Gasteiger partial charge in [0.25, 0.3) is 0 Å². The number of fused-ring (bicyclic) bond motifs is 3. The Kier molecular flexibility index (Phi) is 6.66. The monoisotopic (exact) mass is 492 g/mol. The van der Waals surface area contributed by atoms with Crippen LogP contribution in [0.25, 0.3) is 0 Å². The Morgan fingerprint density at radius 2 is 1.89 bits per heavy atom. The molecule has 1 aliphatic heterocycles. The van der Waals surface area contributed by atoms with E-state index < -0.39 is 43.3 Å². The van der Waals surface area contributed by atoms with Crippen LogP contribution in [0.5, 0.6) is 0 Å². The van der Waals surface area contributed by atoms with E-state index in [-0.39, 0.29) is 10.8 Å². The lowest BCUT2D eigenvalue weighted by Crippen LogP contribution is -2.61. The first-order valence-electron chi connectivity index (χ1n) is 13.6. The second kappa shape index (κ2) is 9.09. The highest BCUT2D eigenvalue weighted by Crippen LogP contribution is 2.72. The van der Waals surface area contributed by atoms with Crippen LogP contribution in [-0.4, -0.2) is 65.2 Å². The molecule has 5 aliphatic rings. The van der Waals surface area contributed by atoms with Crippen LogP contribution in [0.4, 0.5) is 0 Å². The quantitative estimate of drug-likeness (QED) is 0.399. The van der Waals surface area contributed by atoms with E-state index in [1.807, 2.05) is 0 Å². The molecule has 2 bridgehead atoms. The molecule has 3 N–H and O–H groups in total. The Labute approximate surface area is 209 Å². The molecule has 5 rings (SSSR count). The van der Waals surface area contributed by atoms with Crippen molar-refractivity contribution in [2.45, 2.75) is 109 Å². The molecule has 1 spiro atoms. The maximum absolute atomic E-state index is 11.7. The zero-order valence-corrected chi connectivity index (χ0v) is 21.6. The normalized spacial score (nSPS) is 51.4. The minimum Gasteiger partial charge on any atom is -0.454 e. The lowest BCUT2D eigenvalue weighted by Gasteiger charge is -2.64. The van der Waals surface area contributed by atoms with Crippen molar-refractivity contribution in [1.29, 1.82) is 0 Å². The van der Waals surface area contributed by atoms with Crippen LogP contribution >= 0.6 is 0 Å². The molecule has 0 radical (unpaired) electrons. The van der Waals surface area contributed by atoms with Crippen LogP contribution in [0, 0.1) is 34.0 Å². The van der Waals surface area contributed by atoms with Crippen LogP contribution in [0.1, 0.15) is 78.6 Å². The fourth-order valence-corrected chi connectivity index (χ4v) is 9.44. The summed E-state index contributed by atoms with van der Waals surface area (Å²) in [4.78, 5) is 11.7. The van der Waals surface area contributed by atoms with Crippen LogP contribution in [0.15, 0.2) is 12.2 Å². The molecule has 1 heterocycles. The van der Waals surface area contributed by atoms with Crippen molar-refractivity contribution in [3.05, 3.63) is 12.2 Å². The number of rotatable bonds is 5. The summed E-state index contributed by atoms with van der Waals surface area (Å²) in [5.41, 5.74) is 2.12. The number of hydrogen-bond acceptors (Lipinski definition) is 7. The summed E-state index contributed by atoms with van der Waals surface area (Å²) in [6.07, 6.45) is 5.11. The standard InChI is InChI=1S/C28H44O7/c1-16-12-28-11-8-20-26(3,9-5-10-27(20,4)21(28)7-6-18(16)13-28)15-33-25-24(34-17(2)30)23(32)22(31)19(14-29)35-25/h18-25,29,31-32H,1,5-15H2,2-4H3/t18-,19-,20?,21?,22-,23+,24-,25+,26+,27-,28-/m1/s1. The Hall–Kier alpha value is -0.990. The first kappa shape index (κ1) is 25.7. The second-order valence-electron chi connectivity index (χ2n) is 12.9. The van der Waals surface area contributed by atoms with E-state index in [1.54, 1.807) is 0 Å². The van der Waals surface area contributed by atoms with Crippen molar-refractivity contribution in [2.24, 2.45) is 34.0 Å². The van der Waals surface area contributed by atoms with E-state index in [1.165, 1.54) is 57.4 Å². The van der Waals surface area contributed by atoms with Crippen molar-refractivity contribution in [3.8, 4) is 0 Å². The minimum atomic E-state index is -1.39. The third-order valence-corrected chi connectivity index (χ3v) is 10.9. The molecule has 198 valence electrons. The molecule has 2 unspecified atom stereocenters. The van der Waals surface area contributed by atoms with Gasteiger partial charge in [0.1, 0.15) is 18.3 Å². The summed E-state index contributed by atoms with van der Waals surface area (Å²) in [5.74, 6) is 1.39. The number of carbonyl (C=O) groups is 1. The number of ether oxygens (including phenoxy) is 3. The van der Waals surface area contributed by atoms with E-state index in [4.69, 9.17) is 14.2 Å². The van der Waals surface area contributed by atoms with E-state index in [9.17, 15) is 20.1 Å². The minimum absolute atomic E-state index is 0.0685. The number of allylic oxidation sites excluding steroid dienone is 1. The molecule has 0 aromatic rings. The van der Waals surface area contributed by atoms with Gasteiger partial charge in [-0.3, -0.25) is 4.79 Å². The summed E-state index contributed by atoms with van der Waals surface area (Å²) < 4.78 is 17.4. The summed E-state index contributed by atoms with van der Waals surface area (Å²) in [6.45, 7) is 10.5. The molecule has 0 aromatic carbocycles. The van der Waals surface area contributed by atoms with Gasteiger partial charge in [0.15, 0.2) is 12.4 Å². The number of aliphatic hydroxyl groups excluding tert-OH is 3. The molecule has 0 aromatic heterocycles. The zero-order valence-electron chi connectivity index (χ0n) is 21.6. The molecule has 4 saturated carbocycles. The molecule has 1 saturated heterocycles. The van der Waals surface area contributed by atoms with Gasteiger partial charge in [-0.2, -0.15) is 0 Å². The fraction of sp³-hybridized carbons (Fsp3) is 0.893. The zero-order chi connectivity index (χ0) is 25.2. The number of esters is 1. The fourth-order valence-electron chi connectivity index (χ4n) is 9.44. The largest absolute Gasteiger partial charge is 0.454 e. The summed E-state index contributed by atoms with van der Waals surface area (Å²) in [7, 11) is 0. The predicted octanol–water partition coefficient (Wildman–Crippen LogP) is 3.34. The summed E-state index contributed by atoms with van der Waals surface area (Å²) >= 11 is 0. The summed E-state index contributed by atoms with van der Waals surface area (Å²) in [5, 5.41) is 30.5. The smallest absolute Gasteiger partial charge is 0.303 e. The Morgan fingerprint density at radius 1 is 1.11 bits per heavy atom. The van der Waals surface area contributed by atoms with Gasteiger partial charge in [-0.15, -0.1) is 0 Å². The van der Waals surface area contributed by atoms with Crippen LogP contribution in [-0.2, 0) is 19.0 Å². The first-order chi connectivity index (χ1) is 16.5. The van der Waals surface area contributed by atoms with Gasteiger partial charge in [-0.05, 0) is 85.4 Å². The first-order valence-corrected chi connectivity index (χ1v) is 13.6. The molecule has 4 aliphatic carbocycles. The maximum Gasteiger partial charge on any atom is 0.303 e. The average molecular weight is 493 g/mol. The number of carbonyl (C=O) groups excluding carboxylic acids is 1. The summed E-state index contributed by atoms with van der Waals surface area (Å²) in [6, 6.07) is 0. The molecule has 0 amide bonds. The highest BCUT2D eigenvalue weighted by molar-refractivity contribution is 5.66. The van der Waals surface area contributed by atoms with E-state index in [0.717, 1.165) is 24.7 Å². The second-order valence-corrected chi connectivity index (χ2v) is 12.9. The Morgan fingerprint density at radius 3 is 2.60 bits per heavy atom. The highest BCUT2D eigenvalue weighted by atomic mass is 16.7. The van der Waals surface area contributed by atoms with Crippen LogP contribution in [0.2, 0.25) is 0 Å². The molecule has 11 atom stereocenters. The number of hydrogen-bond donors (Lipinski definition) is 3. The van der Waals surface area contributed by atoms with Gasteiger partial charge >= 0.3 is 5.97 Å². The molecular formula is C28H44O7. The third-order valence-electron chi connectivity index (χ3n) is 10.9. The van der Waals surface area contributed by atoms with Gasteiger partial charge in [0.2, 0.25) is 0 Å². The van der Waals surface area contributed by atoms with Gasteiger partial charge in [0, 0.05) is 6.92 Å². The van der Waals surface area contributed by atoms with Crippen molar-refractivity contribution in [2.75, 3.05) is 13.2 Å². The predicted molar refractivity (Wildman–Crippen MR) is 129 cm³/mol. The molecule has 7 heteroatoms. The molecule has 7 nitrogen and oxygen atoms in total. The van der Waals surface area contributed by atoms with E-state index in [2.05, 4.69) is 20.4 Å². The maximum atomic E-state index is 11.7. The van der Waals surface area contributed by atoms with Crippen molar-refractivity contribution in [3.63, 3.8) is 0 Å². The van der Waals surface area contributed by atoms with Gasteiger partial charge in [0.05, 0.1) is 13.2 Å². The van der Waals surface area contributed by atoms with E-state index in [0.29, 0.717) is 17.9 Å². The van der Waals surface area contributed by atoms with Crippen LogP contribution in [0.3, 0.4) is 0 Å². The SMILES string of the molecule is C=C1C[C@@]23CCC4[C@](C)(CO[C@H]5O[C@H](CO)[C@@H](O)[C@H](O)[C@H]5OC(C)=O)CCC[C@@]4(C)C2CC[C@@H]1C3. The van der Waals surface area contributed by atoms with Crippen molar-refractivity contribution in [1.82, 2.24) is 0 Å². The third kappa shape index (κ3) is 4.10. The van der Waals surface area contributed by atoms with Crippen molar-refractivity contribution < 1.29 is 34.3 Å². The van der Waals surface area contributed by atoms with Gasteiger partial charge in [-0.1, -0.05) is 32.4 Å². The molecule has 35 heavy (non-hydrogen) atoms.